The van der Waals surface area contributed by atoms with E-state index in [1.54, 1.807) is 0 Å². The van der Waals surface area contributed by atoms with Crippen LogP contribution in [0.5, 0.6) is 0 Å². The minimum Gasteiger partial charge on any atom is -0.342 e. The van der Waals surface area contributed by atoms with Crippen molar-refractivity contribution in [2.24, 2.45) is 5.73 Å². The lowest BCUT2D eigenvalue weighted by atomic mass is 10.1. The van der Waals surface area contributed by atoms with Crippen LogP contribution in [0.4, 0.5) is 5.69 Å². The highest BCUT2D eigenvalue weighted by molar-refractivity contribution is 5.99. The van der Waals surface area contributed by atoms with Crippen molar-refractivity contribution >= 4 is 11.6 Å². The molecule has 5 heteroatoms. The van der Waals surface area contributed by atoms with Crippen LogP contribution in [-0.2, 0) is 11.2 Å². The quantitative estimate of drug-likeness (QED) is 0.780. The molecule has 0 aliphatic carbocycles. The van der Waals surface area contributed by atoms with Crippen LogP contribution < -0.4 is 11.1 Å². The number of carbonyl (C=O) groups excluding carboxylic acids is 1. The summed E-state index contributed by atoms with van der Waals surface area (Å²) in [4.78, 5) is 19.0. The Morgan fingerprint density at radius 1 is 1.47 bits per heavy atom. The Labute approximate surface area is 111 Å². The maximum atomic E-state index is 11.3. The molecule has 1 aliphatic heterocycles. The fraction of sp³-hybridized carbons (Fsp3) is 0.286. The number of rotatable bonds is 3. The first-order valence-electron chi connectivity index (χ1n) is 6.35. The topological polar surface area (TPSA) is 83.8 Å². The highest BCUT2D eigenvalue weighted by Crippen LogP contribution is 2.28. The van der Waals surface area contributed by atoms with Crippen molar-refractivity contribution in [3.8, 4) is 11.3 Å². The Bertz CT molecular complexity index is 632. The number of carbonyl (C=O) groups is 1. The molecule has 0 saturated carbocycles. The Kier molecular flexibility index (Phi) is 2.83. The van der Waals surface area contributed by atoms with E-state index in [4.69, 9.17) is 5.73 Å². The molecule has 98 valence electrons. The number of aromatic nitrogens is 2. The van der Waals surface area contributed by atoms with E-state index < -0.39 is 0 Å². The standard InChI is InChI=1S/C14H16N4O/c1-8(6-15)14-16-7-12(18-14)9-2-3-11-10(4-9)5-13(19)17-11/h2-4,7-8H,5-6,15H2,1H3,(H,16,18)(H,17,19). The van der Waals surface area contributed by atoms with Gasteiger partial charge < -0.3 is 16.0 Å². The van der Waals surface area contributed by atoms with Crippen LogP contribution in [0.15, 0.2) is 24.4 Å². The molecule has 19 heavy (non-hydrogen) atoms. The number of nitrogens with zero attached hydrogens (tertiary/aromatic N) is 1. The van der Waals surface area contributed by atoms with Gasteiger partial charge in [0.25, 0.3) is 0 Å². The van der Waals surface area contributed by atoms with E-state index in [0.717, 1.165) is 28.3 Å². The highest BCUT2D eigenvalue weighted by Gasteiger charge is 2.18. The number of aromatic amines is 1. The van der Waals surface area contributed by atoms with Gasteiger partial charge in [-0.3, -0.25) is 4.79 Å². The number of hydrogen-bond donors (Lipinski definition) is 3. The summed E-state index contributed by atoms with van der Waals surface area (Å²) in [5, 5.41) is 2.83. The van der Waals surface area contributed by atoms with Crippen LogP contribution in [0.3, 0.4) is 0 Å². The Hall–Kier alpha value is -2.14. The summed E-state index contributed by atoms with van der Waals surface area (Å²) in [7, 11) is 0. The van der Waals surface area contributed by atoms with Gasteiger partial charge in [0, 0.05) is 18.2 Å². The minimum atomic E-state index is 0.0502. The number of anilines is 1. The zero-order valence-electron chi connectivity index (χ0n) is 10.7. The van der Waals surface area contributed by atoms with Crippen molar-refractivity contribution in [2.75, 3.05) is 11.9 Å². The van der Waals surface area contributed by atoms with Crippen LogP contribution in [-0.4, -0.2) is 22.4 Å². The molecule has 5 nitrogen and oxygen atoms in total. The van der Waals surface area contributed by atoms with Crippen molar-refractivity contribution in [2.45, 2.75) is 19.3 Å². The minimum absolute atomic E-state index is 0.0502. The predicted molar refractivity (Wildman–Crippen MR) is 73.8 cm³/mol. The zero-order chi connectivity index (χ0) is 13.4. The molecule has 1 atom stereocenters. The third-order valence-corrected chi connectivity index (χ3v) is 3.46. The van der Waals surface area contributed by atoms with Gasteiger partial charge in [-0.2, -0.15) is 0 Å². The predicted octanol–water partition coefficient (Wildman–Crippen LogP) is 1.63. The third-order valence-electron chi connectivity index (χ3n) is 3.46. The molecule has 1 amide bonds. The molecule has 2 aromatic rings. The van der Waals surface area contributed by atoms with Gasteiger partial charge in [0.2, 0.25) is 5.91 Å². The molecule has 1 aromatic carbocycles. The summed E-state index contributed by atoms with van der Waals surface area (Å²) in [5.41, 5.74) is 9.57. The summed E-state index contributed by atoms with van der Waals surface area (Å²) >= 11 is 0. The summed E-state index contributed by atoms with van der Waals surface area (Å²) < 4.78 is 0. The lowest BCUT2D eigenvalue weighted by Gasteiger charge is -2.04. The average Bonchev–Trinajstić information content (AvgIpc) is 3.01. The molecule has 1 unspecified atom stereocenters. The van der Waals surface area contributed by atoms with E-state index in [1.165, 1.54) is 0 Å². The molecule has 0 bridgehead atoms. The van der Waals surface area contributed by atoms with Gasteiger partial charge in [-0.05, 0) is 23.3 Å². The van der Waals surface area contributed by atoms with Gasteiger partial charge in [0.05, 0.1) is 18.3 Å². The first kappa shape index (κ1) is 11.9. The Balaban J connectivity index is 1.93. The van der Waals surface area contributed by atoms with Crippen molar-refractivity contribution < 1.29 is 4.79 Å². The number of fused-ring (bicyclic) bond motifs is 1. The number of nitrogens with one attached hydrogen (secondary N) is 2. The lowest BCUT2D eigenvalue weighted by Crippen LogP contribution is -2.10. The molecular formula is C14H16N4O. The lowest BCUT2D eigenvalue weighted by molar-refractivity contribution is -0.115. The second-order valence-electron chi connectivity index (χ2n) is 4.92. The molecule has 3 rings (SSSR count). The molecule has 0 saturated heterocycles. The number of nitrogens with two attached hydrogens (primary N) is 1. The zero-order valence-corrected chi connectivity index (χ0v) is 10.7. The van der Waals surface area contributed by atoms with Crippen LogP contribution in [0.2, 0.25) is 0 Å². The first-order chi connectivity index (χ1) is 9.17. The summed E-state index contributed by atoms with van der Waals surface area (Å²) in [6.07, 6.45) is 2.26. The maximum Gasteiger partial charge on any atom is 0.228 e. The van der Waals surface area contributed by atoms with Crippen molar-refractivity contribution in [3.63, 3.8) is 0 Å². The Morgan fingerprint density at radius 3 is 3.11 bits per heavy atom. The summed E-state index contributed by atoms with van der Waals surface area (Å²) in [5.74, 6) is 1.16. The largest absolute Gasteiger partial charge is 0.342 e. The summed E-state index contributed by atoms with van der Waals surface area (Å²) in [6, 6.07) is 5.94. The monoisotopic (exact) mass is 256 g/mol. The van der Waals surface area contributed by atoms with Crippen LogP contribution >= 0.6 is 0 Å². The maximum absolute atomic E-state index is 11.3. The van der Waals surface area contributed by atoms with E-state index in [9.17, 15) is 4.79 Å². The van der Waals surface area contributed by atoms with Gasteiger partial charge in [-0.1, -0.05) is 13.0 Å². The molecule has 0 fully saturated rings. The van der Waals surface area contributed by atoms with Crippen molar-refractivity contribution in [1.82, 2.24) is 9.97 Å². The molecule has 0 radical (unpaired) electrons. The smallest absolute Gasteiger partial charge is 0.228 e. The van der Waals surface area contributed by atoms with Crippen LogP contribution in [0.25, 0.3) is 11.3 Å². The van der Waals surface area contributed by atoms with Crippen molar-refractivity contribution in [1.29, 1.82) is 0 Å². The van der Waals surface area contributed by atoms with E-state index in [-0.39, 0.29) is 11.8 Å². The molecule has 1 aromatic heterocycles. The SMILES string of the molecule is CC(CN)c1ncc(-c2ccc3c(c2)CC(=O)N3)[nH]1. The van der Waals surface area contributed by atoms with E-state index in [0.29, 0.717) is 13.0 Å². The van der Waals surface area contributed by atoms with Crippen LogP contribution in [0, 0.1) is 0 Å². The number of benzene rings is 1. The second kappa shape index (κ2) is 4.51. The molecule has 0 spiro atoms. The van der Waals surface area contributed by atoms with Gasteiger partial charge in [-0.15, -0.1) is 0 Å². The van der Waals surface area contributed by atoms with E-state index >= 15 is 0 Å². The second-order valence-corrected chi connectivity index (χ2v) is 4.92. The number of H-pyrrole nitrogens is 1. The molecular weight excluding hydrogens is 240 g/mol. The molecule has 1 aliphatic rings. The number of amides is 1. The normalized spacial score (nSPS) is 15.2. The third kappa shape index (κ3) is 2.13. The molecule has 2 heterocycles. The fourth-order valence-electron chi connectivity index (χ4n) is 2.24. The highest BCUT2D eigenvalue weighted by atomic mass is 16.1. The van der Waals surface area contributed by atoms with Gasteiger partial charge in [0.15, 0.2) is 0 Å². The molecule has 4 N–H and O–H groups in total. The first-order valence-corrected chi connectivity index (χ1v) is 6.35. The van der Waals surface area contributed by atoms with Crippen molar-refractivity contribution in [3.05, 3.63) is 35.8 Å². The van der Waals surface area contributed by atoms with Gasteiger partial charge >= 0.3 is 0 Å². The van der Waals surface area contributed by atoms with E-state index in [1.807, 2.05) is 31.3 Å². The number of imidazole rings is 1. The van der Waals surface area contributed by atoms with E-state index in [2.05, 4.69) is 15.3 Å². The fourth-order valence-corrected chi connectivity index (χ4v) is 2.24. The summed E-state index contributed by atoms with van der Waals surface area (Å²) in [6.45, 7) is 2.60. The number of hydrogen-bond acceptors (Lipinski definition) is 3. The van der Waals surface area contributed by atoms with Crippen LogP contribution in [0.1, 0.15) is 24.2 Å². The van der Waals surface area contributed by atoms with Gasteiger partial charge in [0.1, 0.15) is 5.82 Å². The van der Waals surface area contributed by atoms with Gasteiger partial charge in [-0.25, -0.2) is 4.98 Å². The Morgan fingerprint density at radius 2 is 2.32 bits per heavy atom. The average molecular weight is 256 g/mol.